The second-order valence-electron chi connectivity index (χ2n) is 5.71. The molecule has 0 atom stereocenters. The van der Waals surface area contributed by atoms with Crippen LogP contribution in [0.2, 0.25) is 0 Å². The van der Waals surface area contributed by atoms with Crippen LogP contribution in [0.5, 0.6) is 0 Å². The van der Waals surface area contributed by atoms with E-state index in [1.165, 1.54) is 10.2 Å². The SMILES string of the molecule is CCn1ncc(N2CCN(Cc3ccccc3)CC2)c(Br)c1=O. The van der Waals surface area contributed by atoms with Gasteiger partial charge in [-0.25, -0.2) is 4.68 Å². The van der Waals surface area contributed by atoms with Gasteiger partial charge in [-0.15, -0.1) is 0 Å². The molecular formula is C17H21BrN4O. The van der Waals surface area contributed by atoms with Crippen molar-refractivity contribution >= 4 is 21.6 Å². The Morgan fingerprint density at radius 1 is 1.13 bits per heavy atom. The van der Waals surface area contributed by atoms with Crippen molar-refractivity contribution in [1.29, 1.82) is 0 Å². The molecule has 122 valence electrons. The van der Waals surface area contributed by atoms with Gasteiger partial charge in [0.2, 0.25) is 0 Å². The predicted molar refractivity (Wildman–Crippen MR) is 95.8 cm³/mol. The third-order valence-electron chi connectivity index (χ3n) is 4.23. The van der Waals surface area contributed by atoms with Gasteiger partial charge in [-0.2, -0.15) is 5.10 Å². The van der Waals surface area contributed by atoms with Crippen molar-refractivity contribution in [2.24, 2.45) is 0 Å². The first kappa shape index (κ1) is 16.2. The molecule has 1 saturated heterocycles. The van der Waals surface area contributed by atoms with E-state index in [1.807, 2.05) is 13.0 Å². The van der Waals surface area contributed by atoms with Crippen molar-refractivity contribution < 1.29 is 0 Å². The maximum absolute atomic E-state index is 12.2. The average molecular weight is 377 g/mol. The lowest BCUT2D eigenvalue weighted by molar-refractivity contribution is 0.249. The third kappa shape index (κ3) is 3.64. The zero-order valence-corrected chi connectivity index (χ0v) is 14.9. The second-order valence-corrected chi connectivity index (χ2v) is 6.51. The summed E-state index contributed by atoms with van der Waals surface area (Å²) in [5.41, 5.74) is 2.19. The van der Waals surface area contributed by atoms with Gasteiger partial charge in [0.1, 0.15) is 4.47 Å². The number of rotatable bonds is 4. The summed E-state index contributed by atoms with van der Waals surface area (Å²) >= 11 is 3.45. The van der Waals surface area contributed by atoms with Gasteiger partial charge in [0.15, 0.2) is 0 Å². The second kappa shape index (κ2) is 7.27. The van der Waals surface area contributed by atoms with Crippen LogP contribution in [0.3, 0.4) is 0 Å². The van der Waals surface area contributed by atoms with Gasteiger partial charge in [-0.1, -0.05) is 30.3 Å². The average Bonchev–Trinajstić information content (AvgIpc) is 2.59. The first-order chi connectivity index (χ1) is 11.2. The Bertz CT molecular complexity index is 708. The summed E-state index contributed by atoms with van der Waals surface area (Å²) < 4.78 is 2.09. The highest BCUT2D eigenvalue weighted by atomic mass is 79.9. The van der Waals surface area contributed by atoms with Gasteiger partial charge >= 0.3 is 0 Å². The summed E-state index contributed by atoms with van der Waals surface area (Å²) in [6.45, 7) is 7.26. The van der Waals surface area contributed by atoms with Crippen LogP contribution in [0, 0.1) is 0 Å². The molecule has 1 fully saturated rings. The monoisotopic (exact) mass is 376 g/mol. The molecule has 2 aromatic rings. The number of piperazine rings is 1. The molecule has 0 saturated carbocycles. The van der Waals surface area contributed by atoms with E-state index in [0.717, 1.165) is 38.4 Å². The van der Waals surface area contributed by atoms with Gasteiger partial charge in [0.05, 0.1) is 11.9 Å². The molecular weight excluding hydrogens is 356 g/mol. The van der Waals surface area contributed by atoms with Crippen LogP contribution in [0.1, 0.15) is 12.5 Å². The van der Waals surface area contributed by atoms with Crippen molar-refractivity contribution in [3.05, 3.63) is 56.9 Å². The lowest BCUT2D eigenvalue weighted by Gasteiger charge is -2.36. The predicted octanol–water partition coefficient (Wildman–Crippen LogP) is 2.35. The Morgan fingerprint density at radius 3 is 2.48 bits per heavy atom. The summed E-state index contributed by atoms with van der Waals surface area (Å²) in [4.78, 5) is 16.9. The molecule has 0 bridgehead atoms. The fraction of sp³-hybridized carbons (Fsp3) is 0.412. The molecule has 0 amide bonds. The number of aromatic nitrogens is 2. The molecule has 0 aliphatic carbocycles. The summed E-state index contributed by atoms with van der Waals surface area (Å²) in [7, 11) is 0. The Kier molecular flexibility index (Phi) is 5.13. The van der Waals surface area contributed by atoms with Crippen LogP contribution >= 0.6 is 15.9 Å². The van der Waals surface area contributed by atoms with Crippen LogP contribution in [0.25, 0.3) is 0 Å². The van der Waals surface area contributed by atoms with E-state index in [4.69, 9.17) is 0 Å². The Hall–Kier alpha value is -1.66. The Morgan fingerprint density at radius 2 is 1.83 bits per heavy atom. The lowest BCUT2D eigenvalue weighted by Crippen LogP contribution is -2.46. The number of halogens is 1. The molecule has 0 spiro atoms. The maximum Gasteiger partial charge on any atom is 0.283 e. The first-order valence-electron chi connectivity index (χ1n) is 7.96. The van der Waals surface area contributed by atoms with Gasteiger partial charge in [-0.05, 0) is 28.4 Å². The molecule has 5 nitrogen and oxygen atoms in total. The lowest BCUT2D eigenvalue weighted by atomic mass is 10.2. The molecule has 1 aliphatic rings. The molecule has 6 heteroatoms. The van der Waals surface area contributed by atoms with Gasteiger partial charge in [0, 0.05) is 39.3 Å². The highest BCUT2D eigenvalue weighted by Gasteiger charge is 2.20. The van der Waals surface area contributed by atoms with Crippen molar-refractivity contribution in [1.82, 2.24) is 14.7 Å². The van der Waals surface area contributed by atoms with Crippen molar-refractivity contribution in [3.8, 4) is 0 Å². The van der Waals surface area contributed by atoms with E-state index in [2.05, 4.69) is 55.1 Å². The molecule has 2 heterocycles. The number of hydrogen-bond donors (Lipinski definition) is 0. The van der Waals surface area contributed by atoms with E-state index >= 15 is 0 Å². The Labute approximate surface area is 144 Å². The van der Waals surface area contributed by atoms with Gasteiger partial charge in [-0.3, -0.25) is 9.69 Å². The number of benzene rings is 1. The number of aryl methyl sites for hydroxylation is 1. The minimum absolute atomic E-state index is 0.0586. The first-order valence-corrected chi connectivity index (χ1v) is 8.75. The Balaban J connectivity index is 1.65. The third-order valence-corrected chi connectivity index (χ3v) is 4.97. The van der Waals surface area contributed by atoms with E-state index in [1.54, 1.807) is 6.20 Å². The molecule has 1 aliphatic heterocycles. The fourth-order valence-corrected chi connectivity index (χ4v) is 3.45. The highest BCUT2D eigenvalue weighted by Crippen LogP contribution is 2.23. The van der Waals surface area contributed by atoms with Crippen molar-refractivity contribution in [2.75, 3.05) is 31.1 Å². The number of hydrogen-bond acceptors (Lipinski definition) is 4. The number of anilines is 1. The molecule has 0 unspecified atom stereocenters. The number of nitrogens with zero attached hydrogens (tertiary/aromatic N) is 4. The summed E-state index contributed by atoms with van der Waals surface area (Å²) in [6, 6.07) is 10.5. The highest BCUT2D eigenvalue weighted by molar-refractivity contribution is 9.10. The summed E-state index contributed by atoms with van der Waals surface area (Å²) in [5, 5.41) is 4.24. The summed E-state index contributed by atoms with van der Waals surface area (Å²) in [5.74, 6) is 0. The van der Waals surface area contributed by atoms with E-state index in [9.17, 15) is 4.79 Å². The van der Waals surface area contributed by atoms with Gasteiger partial charge < -0.3 is 4.90 Å². The van der Waals surface area contributed by atoms with Crippen LogP contribution < -0.4 is 10.5 Å². The minimum atomic E-state index is -0.0586. The van der Waals surface area contributed by atoms with Crippen LogP contribution in [0.4, 0.5) is 5.69 Å². The normalized spacial score (nSPS) is 15.8. The molecule has 0 N–H and O–H groups in total. The maximum atomic E-state index is 12.2. The molecule has 3 rings (SSSR count). The minimum Gasteiger partial charge on any atom is -0.367 e. The van der Waals surface area contributed by atoms with E-state index < -0.39 is 0 Å². The van der Waals surface area contributed by atoms with E-state index in [0.29, 0.717) is 11.0 Å². The van der Waals surface area contributed by atoms with Gasteiger partial charge in [0.25, 0.3) is 5.56 Å². The largest absolute Gasteiger partial charge is 0.367 e. The standard InChI is InChI=1S/C17H21BrN4O/c1-2-22-17(23)16(18)15(12-19-22)21-10-8-20(9-11-21)13-14-6-4-3-5-7-14/h3-7,12H,2,8-11,13H2,1H3. The quantitative estimate of drug-likeness (QED) is 0.821. The van der Waals surface area contributed by atoms with E-state index in [-0.39, 0.29) is 5.56 Å². The molecule has 23 heavy (non-hydrogen) atoms. The zero-order chi connectivity index (χ0) is 16.2. The molecule has 1 aromatic heterocycles. The fourth-order valence-electron chi connectivity index (χ4n) is 2.89. The van der Waals surface area contributed by atoms with Crippen molar-refractivity contribution in [3.63, 3.8) is 0 Å². The summed E-state index contributed by atoms with van der Waals surface area (Å²) in [6.07, 6.45) is 1.79. The molecule has 0 radical (unpaired) electrons. The smallest absolute Gasteiger partial charge is 0.283 e. The molecule has 1 aromatic carbocycles. The van der Waals surface area contributed by atoms with Crippen LogP contribution in [-0.2, 0) is 13.1 Å². The van der Waals surface area contributed by atoms with Crippen molar-refractivity contribution in [2.45, 2.75) is 20.0 Å². The zero-order valence-electron chi connectivity index (χ0n) is 13.3. The van der Waals surface area contributed by atoms with Crippen LogP contribution in [0.15, 0.2) is 45.8 Å². The van der Waals surface area contributed by atoms with Crippen LogP contribution in [-0.4, -0.2) is 40.9 Å². The topological polar surface area (TPSA) is 41.4 Å².